The van der Waals surface area contributed by atoms with Crippen LogP contribution in [0.5, 0.6) is 11.5 Å². The quantitative estimate of drug-likeness (QED) is 0.462. The van der Waals surface area contributed by atoms with Crippen LogP contribution in [0.4, 0.5) is 5.69 Å². The summed E-state index contributed by atoms with van der Waals surface area (Å²) in [7, 11) is 2.73. The highest BCUT2D eigenvalue weighted by Crippen LogP contribution is 2.34. The number of ether oxygens (including phenoxy) is 3. The number of esters is 1. The lowest BCUT2D eigenvalue weighted by Crippen LogP contribution is -2.13. The van der Waals surface area contributed by atoms with E-state index >= 15 is 0 Å². The summed E-state index contributed by atoms with van der Waals surface area (Å²) in [4.78, 5) is 22.1. The molecule has 0 atom stereocenters. The fraction of sp³-hybridized carbons (Fsp3) is 0.417. The van der Waals surface area contributed by atoms with Gasteiger partial charge in [-0.1, -0.05) is 0 Å². The number of nitrogens with zero attached hydrogens (tertiary/aromatic N) is 1. The first-order valence-corrected chi connectivity index (χ1v) is 5.52. The molecule has 0 bridgehead atoms. The molecular weight excluding hydrogens is 254 g/mol. The molecule has 1 rings (SSSR count). The van der Waals surface area contributed by atoms with Gasteiger partial charge in [0.1, 0.15) is 5.56 Å². The molecule has 0 fully saturated rings. The summed E-state index contributed by atoms with van der Waals surface area (Å²) in [5, 5.41) is 11.0. The Morgan fingerprint density at radius 1 is 1.21 bits per heavy atom. The summed E-state index contributed by atoms with van der Waals surface area (Å²) < 4.78 is 14.9. The van der Waals surface area contributed by atoms with E-state index in [0.717, 1.165) is 6.07 Å². The predicted octanol–water partition coefficient (Wildman–Crippen LogP) is 2.18. The van der Waals surface area contributed by atoms with Gasteiger partial charge in [-0.05, 0) is 13.8 Å². The van der Waals surface area contributed by atoms with Crippen LogP contribution in [0.25, 0.3) is 0 Å². The zero-order valence-corrected chi connectivity index (χ0v) is 11.1. The van der Waals surface area contributed by atoms with Gasteiger partial charge in [-0.2, -0.15) is 0 Å². The van der Waals surface area contributed by atoms with E-state index in [1.807, 2.05) is 0 Å². The average molecular weight is 269 g/mol. The van der Waals surface area contributed by atoms with Crippen molar-refractivity contribution >= 4 is 11.7 Å². The normalized spacial score (nSPS) is 10.2. The monoisotopic (exact) mass is 269 g/mol. The summed E-state index contributed by atoms with van der Waals surface area (Å²) in [5.74, 6) is -0.373. The van der Waals surface area contributed by atoms with E-state index in [9.17, 15) is 14.9 Å². The molecule has 0 aliphatic heterocycles. The van der Waals surface area contributed by atoms with Crippen molar-refractivity contribution in [2.24, 2.45) is 0 Å². The zero-order chi connectivity index (χ0) is 14.6. The third kappa shape index (κ3) is 3.34. The molecule has 1 aromatic rings. The molecule has 0 N–H and O–H groups in total. The third-order valence-electron chi connectivity index (χ3n) is 2.26. The molecule has 0 saturated heterocycles. The van der Waals surface area contributed by atoms with Crippen LogP contribution >= 0.6 is 0 Å². The first-order chi connectivity index (χ1) is 8.90. The number of nitro groups is 1. The highest BCUT2D eigenvalue weighted by Gasteiger charge is 2.26. The minimum Gasteiger partial charge on any atom is -0.493 e. The maximum atomic E-state index is 11.8. The molecule has 1 aromatic carbocycles. The van der Waals surface area contributed by atoms with Crippen LogP contribution in [0.2, 0.25) is 0 Å². The molecule has 0 aliphatic carbocycles. The Kier molecular flexibility index (Phi) is 4.68. The van der Waals surface area contributed by atoms with Crippen LogP contribution in [0.1, 0.15) is 24.2 Å². The topological polar surface area (TPSA) is 87.9 Å². The molecule has 0 radical (unpaired) electrons. The van der Waals surface area contributed by atoms with Gasteiger partial charge in [-0.3, -0.25) is 10.1 Å². The SMILES string of the molecule is COc1cc(C(=O)OC(C)C)c([N+](=O)[O-])cc1OC. The number of benzene rings is 1. The van der Waals surface area contributed by atoms with Crippen molar-refractivity contribution < 1.29 is 23.9 Å². The molecule has 0 amide bonds. The Balaban J connectivity index is 3.35. The van der Waals surface area contributed by atoms with Crippen LogP contribution in [-0.4, -0.2) is 31.2 Å². The van der Waals surface area contributed by atoms with Crippen molar-refractivity contribution in [1.29, 1.82) is 0 Å². The van der Waals surface area contributed by atoms with Gasteiger partial charge in [0, 0.05) is 6.07 Å². The van der Waals surface area contributed by atoms with Gasteiger partial charge >= 0.3 is 5.97 Å². The van der Waals surface area contributed by atoms with Gasteiger partial charge in [-0.15, -0.1) is 0 Å². The van der Waals surface area contributed by atoms with E-state index < -0.39 is 10.9 Å². The van der Waals surface area contributed by atoms with Crippen molar-refractivity contribution in [3.8, 4) is 11.5 Å². The Morgan fingerprint density at radius 3 is 2.16 bits per heavy atom. The minimum atomic E-state index is -0.775. The minimum absolute atomic E-state index is 0.170. The maximum Gasteiger partial charge on any atom is 0.345 e. The lowest BCUT2D eigenvalue weighted by molar-refractivity contribution is -0.385. The van der Waals surface area contributed by atoms with E-state index in [-0.39, 0.29) is 28.9 Å². The van der Waals surface area contributed by atoms with Gasteiger partial charge in [0.15, 0.2) is 11.5 Å². The summed E-state index contributed by atoms with van der Waals surface area (Å²) in [6.45, 7) is 3.31. The predicted molar refractivity (Wildman–Crippen MR) is 66.8 cm³/mol. The summed E-state index contributed by atoms with van der Waals surface area (Å²) in [6.07, 6.45) is -0.375. The second-order valence-corrected chi connectivity index (χ2v) is 3.94. The number of nitro benzene ring substituents is 1. The molecule has 0 aliphatic rings. The van der Waals surface area contributed by atoms with Crippen molar-refractivity contribution in [3.05, 3.63) is 27.8 Å². The van der Waals surface area contributed by atoms with Gasteiger partial charge in [-0.25, -0.2) is 4.79 Å². The first-order valence-electron chi connectivity index (χ1n) is 5.52. The molecule has 0 saturated carbocycles. The Bertz CT molecular complexity index is 497. The summed E-state index contributed by atoms with van der Waals surface area (Å²) >= 11 is 0. The van der Waals surface area contributed by atoms with Crippen LogP contribution in [-0.2, 0) is 4.74 Å². The first kappa shape index (κ1) is 14.7. The highest BCUT2D eigenvalue weighted by atomic mass is 16.6. The second-order valence-electron chi connectivity index (χ2n) is 3.94. The van der Waals surface area contributed by atoms with E-state index in [0.29, 0.717) is 0 Å². The van der Waals surface area contributed by atoms with Gasteiger partial charge in [0.25, 0.3) is 5.69 Å². The highest BCUT2D eigenvalue weighted by molar-refractivity contribution is 5.95. The van der Waals surface area contributed by atoms with Crippen LogP contribution in [0.15, 0.2) is 12.1 Å². The van der Waals surface area contributed by atoms with Gasteiger partial charge < -0.3 is 14.2 Å². The molecule has 19 heavy (non-hydrogen) atoms. The number of hydrogen-bond acceptors (Lipinski definition) is 6. The van der Waals surface area contributed by atoms with Crippen molar-refractivity contribution in [2.45, 2.75) is 20.0 Å². The summed E-state index contributed by atoms with van der Waals surface area (Å²) in [5.41, 5.74) is -0.556. The van der Waals surface area contributed by atoms with Crippen molar-refractivity contribution in [1.82, 2.24) is 0 Å². The van der Waals surface area contributed by atoms with Crippen LogP contribution in [0.3, 0.4) is 0 Å². The van der Waals surface area contributed by atoms with Crippen LogP contribution in [0, 0.1) is 10.1 Å². The zero-order valence-electron chi connectivity index (χ0n) is 11.1. The van der Waals surface area contributed by atoms with E-state index in [1.54, 1.807) is 13.8 Å². The Hall–Kier alpha value is -2.31. The van der Waals surface area contributed by atoms with Gasteiger partial charge in [0.05, 0.1) is 31.3 Å². The molecular formula is C12H15NO6. The fourth-order valence-corrected chi connectivity index (χ4v) is 1.46. The number of carbonyl (C=O) groups excluding carboxylic acids is 1. The van der Waals surface area contributed by atoms with Crippen molar-refractivity contribution in [2.75, 3.05) is 14.2 Å². The smallest absolute Gasteiger partial charge is 0.345 e. The Labute approximate surface area is 110 Å². The lowest BCUT2D eigenvalue weighted by atomic mass is 10.1. The molecule has 0 aromatic heterocycles. The maximum absolute atomic E-state index is 11.8. The number of rotatable bonds is 5. The number of carbonyl (C=O) groups is 1. The average Bonchev–Trinajstić information content (AvgIpc) is 2.35. The molecule has 0 unspecified atom stereocenters. The molecule has 104 valence electrons. The fourth-order valence-electron chi connectivity index (χ4n) is 1.46. The van der Waals surface area contributed by atoms with Crippen LogP contribution < -0.4 is 9.47 Å². The number of methoxy groups -OCH3 is 2. The number of hydrogen-bond donors (Lipinski definition) is 0. The van der Waals surface area contributed by atoms with Crippen molar-refractivity contribution in [3.63, 3.8) is 0 Å². The molecule has 0 spiro atoms. The lowest BCUT2D eigenvalue weighted by Gasteiger charge is -2.11. The third-order valence-corrected chi connectivity index (χ3v) is 2.26. The Morgan fingerprint density at radius 2 is 1.74 bits per heavy atom. The van der Waals surface area contributed by atoms with E-state index in [1.165, 1.54) is 20.3 Å². The largest absolute Gasteiger partial charge is 0.493 e. The molecule has 0 heterocycles. The van der Waals surface area contributed by atoms with Gasteiger partial charge in [0.2, 0.25) is 0 Å². The molecule has 7 heteroatoms. The summed E-state index contributed by atoms with van der Waals surface area (Å²) in [6, 6.07) is 2.37. The second kappa shape index (κ2) is 6.03. The standard InChI is InChI=1S/C12H15NO6/c1-7(2)19-12(14)8-5-10(17-3)11(18-4)6-9(8)13(15)16/h5-7H,1-4H3. The van der Waals surface area contributed by atoms with E-state index in [4.69, 9.17) is 14.2 Å². The van der Waals surface area contributed by atoms with E-state index in [2.05, 4.69) is 0 Å². The molecule has 7 nitrogen and oxygen atoms in total.